The fourth-order valence-electron chi connectivity index (χ4n) is 2.75. The van der Waals surface area contributed by atoms with Gasteiger partial charge in [-0.25, -0.2) is 0 Å². The average Bonchev–Trinajstić information content (AvgIpc) is 2.18. The van der Waals surface area contributed by atoms with E-state index in [0.29, 0.717) is 5.41 Å². The smallest absolute Gasteiger partial charge is 0.0441 e. The molecule has 2 N–H and O–H groups in total. The van der Waals surface area contributed by atoms with Gasteiger partial charge in [0, 0.05) is 11.1 Å². The lowest BCUT2D eigenvalue weighted by Crippen LogP contribution is -2.31. The minimum Gasteiger partial charge on any atom is -0.324 e. The summed E-state index contributed by atoms with van der Waals surface area (Å²) >= 11 is 6.19. The molecule has 1 aliphatic carbocycles. The molecule has 1 aromatic rings. The average molecular weight is 250 g/mol. The highest BCUT2D eigenvalue weighted by Crippen LogP contribution is 2.36. The fourth-order valence-corrected chi connectivity index (χ4v) is 2.96. The van der Waals surface area contributed by atoms with E-state index in [0.717, 1.165) is 24.3 Å². The zero-order valence-corrected chi connectivity index (χ0v) is 11.3. The number of halogens is 1. The van der Waals surface area contributed by atoms with Crippen molar-refractivity contribution in [1.82, 2.24) is 0 Å². The molecule has 2 heteroatoms. The van der Waals surface area contributed by atoms with Crippen LogP contribution in [0.4, 0.5) is 0 Å². The summed E-state index contributed by atoms with van der Waals surface area (Å²) in [6.45, 7) is 4.57. The zero-order valence-electron chi connectivity index (χ0n) is 10.5. The lowest BCUT2D eigenvalue weighted by atomic mass is 9.74. The van der Waals surface area contributed by atoms with Crippen molar-refractivity contribution in [2.75, 3.05) is 0 Å². The van der Waals surface area contributed by atoms with Crippen LogP contribution < -0.4 is 5.73 Å². The molecule has 0 amide bonds. The van der Waals surface area contributed by atoms with Gasteiger partial charge in [0.2, 0.25) is 0 Å². The molecule has 0 aliphatic heterocycles. The van der Waals surface area contributed by atoms with Crippen LogP contribution in [0.15, 0.2) is 35.9 Å². The van der Waals surface area contributed by atoms with Crippen molar-refractivity contribution in [1.29, 1.82) is 0 Å². The van der Waals surface area contributed by atoms with E-state index in [1.54, 1.807) is 0 Å². The molecule has 2 rings (SSSR count). The second-order valence-electron chi connectivity index (χ2n) is 5.80. The summed E-state index contributed by atoms with van der Waals surface area (Å²) in [5.41, 5.74) is 9.01. The topological polar surface area (TPSA) is 26.0 Å². The Labute approximate surface area is 109 Å². The Morgan fingerprint density at radius 1 is 1.35 bits per heavy atom. The van der Waals surface area contributed by atoms with Gasteiger partial charge in [0.1, 0.15) is 0 Å². The molecular formula is C15H20ClN. The van der Waals surface area contributed by atoms with Crippen molar-refractivity contribution in [3.05, 3.63) is 46.5 Å². The van der Waals surface area contributed by atoms with E-state index < -0.39 is 0 Å². The standard InChI is InChI=1S/C15H20ClN/c1-15(2)9-11(8-13(17)10-15)7-12-5-3-4-6-14(12)16/h3-6,8,13H,7,9-10,17H2,1-2H3. The van der Waals surface area contributed by atoms with Gasteiger partial charge in [-0.2, -0.15) is 0 Å². The van der Waals surface area contributed by atoms with Gasteiger partial charge >= 0.3 is 0 Å². The van der Waals surface area contributed by atoms with Crippen LogP contribution in [0.2, 0.25) is 5.02 Å². The van der Waals surface area contributed by atoms with Crippen molar-refractivity contribution < 1.29 is 0 Å². The molecule has 0 heterocycles. The summed E-state index contributed by atoms with van der Waals surface area (Å²) in [5.74, 6) is 0. The van der Waals surface area contributed by atoms with Gasteiger partial charge in [-0.1, -0.05) is 55.3 Å². The third-order valence-electron chi connectivity index (χ3n) is 3.32. The zero-order chi connectivity index (χ0) is 12.5. The minimum absolute atomic E-state index is 0.191. The summed E-state index contributed by atoms with van der Waals surface area (Å²) in [4.78, 5) is 0. The monoisotopic (exact) mass is 249 g/mol. The molecule has 0 bridgehead atoms. The molecule has 1 nitrogen and oxygen atoms in total. The van der Waals surface area contributed by atoms with Gasteiger partial charge in [-0.3, -0.25) is 0 Å². The molecule has 0 spiro atoms. The normalized spacial score (nSPS) is 23.3. The predicted octanol–water partition coefficient (Wildman–Crippen LogP) is 3.96. The molecule has 1 aliphatic rings. The van der Waals surface area contributed by atoms with E-state index in [1.807, 2.05) is 18.2 Å². The number of rotatable bonds is 2. The molecule has 17 heavy (non-hydrogen) atoms. The van der Waals surface area contributed by atoms with Crippen LogP contribution in [0.25, 0.3) is 0 Å². The third-order valence-corrected chi connectivity index (χ3v) is 3.69. The number of allylic oxidation sites excluding steroid dienone is 1. The van der Waals surface area contributed by atoms with Gasteiger partial charge in [0.25, 0.3) is 0 Å². The summed E-state index contributed by atoms with van der Waals surface area (Å²) in [5, 5.41) is 0.852. The first-order chi connectivity index (χ1) is 7.96. The number of benzene rings is 1. The molecule has 1 unspecified atom stereocenters. The highest BCUT2D eigenvalue weighted by molar-refractivity contribution is 6.31. The quantitative estimate of drug-likeness (QED) is 0.789. The van der Waals surface area contributed by atoms with Crippen molar-refractivity contribution in [3.63, 3.8) is 0 Å². The SMILES string of the molecule is CC1(C)CC(Cc2ccccc2Cl)=CC(N)C1. The Balaban J connectivity index is 2.17. The van der Waals surface area contributed by atoms with E-state index in [-0.39, 0.29) is 6.04 Å². The summed E-state index contributed by atoms with van der Waals surface area (Å²) < 4.78 is 0. The molecule has 0 aromatic heterocycles. The lowest BCUT2D eigenvalue weighted by Gasteiger charge is -2.33. The van der Waals surface area contributed by atoms with Crippen LogP contribution in [0, 0.1) is 5.41 Å². The van der Waals surface area contributed by atoms with Crippen molar-refractivity contribution in [3.8, 4) is 0 Å². The van der Waals surface area contributed by atoms with Crippen LogP contribution in [0.3, 0.4) is 0 Å². The van der Waals surface area contributed by atoms with Gasteiger partial charge < -0.3 is 5.73 Å². The maximum atomic E-state index is 6.19. The van der Waals surface area contributed by atoms with Gasteiger partial charge in [-0.15, -0.1) is 0 Å². The minimum atomic E-state index is 0.191. The molecule has 1 aromatic carbocycles. The Morgan fingerprint density at radius 2 is 2.06 bits per heavy atom. The second-order valence-corrected chi connectivity index (χ2v) is 6.21. The molecule has 0 fully saturated rings. The fraction of sp³-hybridized carbons (Fsp3) is 0.467. The second kappa shape index (κ2) is 4.83. The largest absolute Gasteiger partial charge is 0.324 e. The van der Waals surface area contributed by atoms with Gasteiger partial charge in [0.15, 0.2) is 0 Å². The first-order valence-electron chi connectivity index (χ1n) is 6.15. The third kappa shape index (κ3) is 3.34. The Kier molecular flexibility index (Phi) is 3.60. The molecule has 92 valence electrons. The summed E-state index contributed by atoms with van der Waals surface area (Å²) in [6.07, 6.45) is 5.33. The summed E-state index contributed by atoms with van der Waals surface area (Å²) in [7, 11) is 0. The van der Waals surface area contributed by atoms with E-state index >= 15 is 0 Å². The maximum Gasteiger partial charge on any atom is 0.0441 e. The first-order valence-corrected chi connectivity index (χ1v) is 6.53. The number of hydrogen-bond acceptors (Lipinski definition) is 1. The molecule has 0 saturated heterocycles. The maximum absolute atomic E-state index is 6.19. The van der Waals surface area contributed by atoms with E-state index in [1.165, 1.54) is 11.1 Å². The first kappa shape index (κ1) is 12.7. The molecule has 0 saturated carbocycles. The van der Waals surface area contributed by atoms with Gasteiger partial charge in [0.05, 0.1) is 0 Å². The van der Waals surface area contributed by atoms with Crippen LogP contribution in [-0.4, -0.2) is 6.04 Å². The van der Waals surface area contributed by atoms with Crippen molar-refractivity contribution in [2.45, 2.75) is 39.2 Å². The number of nitrogens with two attached hydrogens (primary N) is 1. The predicted molar refractivity (Wildman–Crippen MR) is 74.2 cm³/mol. The Hall–Kier alpha value is -0.790. The van der Waals surface area contributed by atoms with Crippen molar-refractivity contribution in [2.24, 2.45) is 11.1 Å². The molecule has 0 radical (unpaired) electrons. The van der Waals surface area contributed by atoms with Crippen LogP contribution in [-0.2, 0) is 6.42 Å². The van der Waals surface area contributed by atoms with E-state index in [2.05, 4.69) is 26.0 Å². The van der Waals surface area contributed by atoms with Crippen LogP contribution in [0.1, 0.15) is 32.3 Å². The highest BCUT2D eigenvalue weighted by atomic mass is 35.5. The highest BCUT2D eigenvalue weighted by Gasteiger charge is 2.26. The van der Waals surface area contributed by atoms with Gasteiger partial charge in [-0.05, 0) is 36.3 Å². The Bertz CT molecular complexity index is 434. The molecular weight excluding hydrogens is 230 g/mol. The molecule has 1 atom stereocenters. The number of hydrogen-bond donors (Lipinski definition) is 1. The van der Waals surface area contributed by atoms with Crippen LogP contribution in [0.5, 0.6) is 0 Å². The van der Waals surface area contributed by atoms with E-state index in [9.17, 15) is 0 Å². The lowest BCUT2D eigenvalue weighted by molar-refractivity contribution is 0.299. The van der Waals surface area contributed by atoms with Crippen LogP contribution >= 0.6 is 11.6 Å². The summed E-state index contributed by atoms with van der Waals surface area (Å²) in [6, 6.07) is 8.24. The van der Waals surface area contributed by atoms with Crippen molar-refractivity contribution >= 4 is 11.6 Å². The van der Waals surface area contributed by atoms with E-state index in [4.69, 9.17) is 17.3 Å². The Morgan fingerprint density at radius 3 is 2.71 bits per heavy atom.